The molecule has 5 heteroatoms. The van der Waals surface area contributed by atoms with Crippen LogP contribution in [0.15, 0.2) is 66.1 Å². The summed E-state index contributed by atoms with van der Waals surface area (Å²) in [6.07, 6.45) is 8.99. The van der Waals surface area contributed by atoms with Gasteiger partial charge in [-0.25, -0.2) is 4.98 Å². The van der Waals surface area contributed by atoms with E-state index < -0.39 is 0 Å². The summed E-state index contributed by atoms with van der Waals surface area (Å²) in [4.78, 5) is 6.51. The molecule has 2 aromatic carbocycles. The summed E-state index contributed by atoms with van der Waals surface area (Å²) in [7, 11) is 0. The first-order chi connectivity index (χ1) is 16.1. The number of hydrogen-bond acceptors (Lipinski definition) is 4. The monoisotopic (exact) mass is 456 g/mol. The number of aromatic nitrogens is 4. The molecule has 170 valence electrons. The van der Waals surface area contributed by atoms with E-state index in [1.165, 1.54) is 29.1 Å². The summed E-state index contributed by atoms with van der Waals surface area (Å²) < 4.78 is 0. The van der Waals surface area contributed by atoms with Crippen molar-refractivity contribution in [3.8, 4) is 22.5 Å². The third-order valence-corrected chi connectivity index (χ3v) is 6.77. The van der Waals surface area contributed by atoms with Gasteiger partial charge in [-0.1, -0.05) is 74.5 Å². The predicted octanol–water partition coefficient (Wildman–Crippen LogP) is 7.64. The van der Waals surface area contributed by atoms with Crippen molar-refractivity contribution < 1.29 is 0 Å². The van der Waals surface area contributed by atoms with Crippen LogP contribution in [-0.2, 0) is 13.0 Å². The molecule has 2 aromatic heterocycles. The first kappa shape index (κ1) is 23.1. The van der Waals surface area contributed by atoms with Crippen LogP contribution in [0.5, 0.6) is 0 Å². The van der Waals surface area contributed by atoms with Crippen molar-refractivity contribution in [3.05, 3.63) is 82.3 Å². The highest BCUT2D eigenvalue weighted by atomic mass is 32.1. The minimum absolute atomic E-state index is 0.526. The first-order valence-corrected chi connectivity index (χ1v) is 12.7. The second-order valence-electron chi connectivity index (χ2n) is 8.56. The molecule has 0 saturated heterocycles. The van der Waals surface area contributed by atoms with Crippen LogP contribution in [0.25, 0.3) is 28.6 Å². The Morgan fingerprint density at radius 1 is 0.939 bits per heavy atom. The SMILES string of the molecule is CCn1nc(-c2ccccc2)c(-c2cccc(/C=C/CCCCc3csc(C(C)C)n3)c2)n1. The second-order valence-corrected chi connectivity index (χ2v) is 9.45. The zero-order chi connectivity index (χ0) is 23.0. The lowest BCUT2D eigenvalue weighted by Gasteiger charge is -2.03. The fourth-order valence-electron chi connectivity index (χ4n) is 3.75. The largest absolute Gasteiger partial charge is 0.246 e. The van der Waals surface area contributed by atoms with Crippen molar-refractivity contribution in [1.29, 1.82) is 0 Å². The number of thiazole rings is 1. The summed E-state index contributed by atoms with van der Waals surface area (Å²) >= 11 is 1.79. The summed E-state index contributed by atoms with van der Waals surface area (Å²) in [5.74, 6) is 0.526. The van der Waals surface area contributed by atoms with Gasteiger partial charge in [0.05, 0.1) is 17.2 Å². The second kappa shape index (κ2) is 11.2. The Balaban J connectivity index is 1.38. The Labute approximate surface area is 201 Å². The Kier molecular flexibility index (Phi) is 7.84. The molecule has 0 unspecified atom stereocenters. The molecule has 0 amide bonds. The van der Waals surface area contributed by atoms with E-state index >= 15 is 0 Å². The maximum atomic E-state index is 4.75. The summed E-state index contributed by atoms with van der Waals surface area (Å²) in [5, 5.41) is 12.9. The van der Waals surface area contributed by atoms with E-state index in [9.17, 15) is 0 Å². The molecule has 2 heterocycles. The molecule has 0 aliphatic rings. The number of benzene rings is 2. The summed E-state index contributed by atoms with van der Waals surface area (Å²) in [5.41, 5.74) is 6.49. The molecule has 0 saturated carbocycles. The van der Waals surface area contributed by atoms with Crippen LogP contribution in [-0.4, -0.2) is 20.0 Å². The van der Waals surface area contributed by atoms with E-state index in [0.717, 1.165) is 41.9 Å². The molecule has 0 fully saturated rings. The molecule has 0 radical (unpaired) electrons. The molecule has 4 nitrogen and oxygen atoms in total. The molecule has 0 atom stereocenters. The zero-order valence-electron chi connectivity index (χ0n) is 19.7. The molecular weight excluding hydrogens is 424 g/mol. The van der Waals surface area contributed by atoms with Gasteiger partial charge in [0, 0.05) is 22.4 Å². The van der Waals surface area contributed by atoms with Gasteiger partial charge in [-0.3, -0.25) is 0 Å². The number of nitrogens with zero attached hydrogens (tertiary/aromatic N) is 4. The van der Waals surface area contributed by atoms with E-state index in [-0.39, 0.29) is 0 Å². The lowest BCUT2D eigenvalue weighted by atomic mass is 10.0. The molecule has 0 spiro atoms. The predicted molar refractivity (Wildman–Crippen MR) is 139 cm³/mol. The molecule has 4 rings (SSSR count). The standard InChI is InChI=1S/C28H32N4S/c1-4-32-30-26(23-15-9-7-10-16-23)27(31-32)24-17-12-14-22(19-24)13-8-5-6-11-18-25-20-33-28(29-25)21(2)3/h7-10,12-17,19-21H,4-6,11,18H2,1-3H3/b13-8+. The summed E-state index contributed by atoms with van der Waals surface area (Å²) in [6.45, 7) is 7.22. The molecule has 0 N–H and O–H groups in total. The van der Waals surface area contributed by atoms with E-state index in [2.05, 4.69) is 74.7 Å². The number of rotatable bonds is 10. The van der Waals surface area contributed by atoms with Crippen molar-refractivity contribution in [3.63, 3.8) is 0 Å². The molecular formula is C28H32N4S. The van der Waals surface area contributed by atoms with Crippen LogP contribution in [0.2, 0.25) is 0 Å². The highest BCUT2D eigenvalue weighted by molar-refractivity contribution is 7.09. The van der Waals surface area contributed by atoms with Gasteiger partial charge in [0.1, 0.15) is 11.4 Å². The topological polar surface area (TPSA) is 43.6 Å². The fraction of sp³-hybridized carbons (Fsp3) is 0.321. The van der Waals surface area contributed by atoms with Crippen molar-refractivity contribution in [2.24, 2.45) is 0 Å². The Bertz CT molecular complexity index is 1190. The Morgan fingerprint density at radius 3 is 2.42 bits per heavy atom. The van der Waals surface area contributed by atoms with E-state index in [1.54, 1.807) is 16.1 Å². The molecule has 33 heavy (non-hydrogen) atoms. The average Bonchev–Trinajstić information content (AvgIpc) is 3.50. The summed E-state index contributed by atoms with van der Waals surface area (Å²) in [6, 6.07) is 18.9. The van der Waals surface area contributed by atoms with E-state index in [4.69, 9.17) is 15.2 Å². The van der Waals surface area contributed by atoms with Gasteiger partial charge in [0.15, 0.2) is 0 Å². The highest BCUT2D eigenvalue weighted by Gasteiger charge is 2.14. The molecule has 0 aliphatic heterocycles. The van der Waals surface area contributed by atoms with Gasteiger partial charge in [-0.05, 0) is 44.2 Å². The Morgan fingerprint density at radius 2 is 1.70 bits per heavy atom. The van der Waals surface area contributed by atoms with Crippen LogP contribution in [0.4, 0.5) is 0 Å². The van der Waals surface area contributed by atoms with Gasteiger partial charge in [0.25, 0.3) is 0 Å². The highest BCUT2D eigenvalue weighted by Crippen LogP contribution is 2.29. The maximum absolute atomic E-state index is 4.75. The average molecular weight is 457 g/mol. The fourth-order valence-corrected chi connectivity index (χ4v) is 4.62. The van der Waals surface area contributed by atoms with Crippen LogP contribution in [0, 0.1) is 0 Å². The number of aryl methyl sites for hydroxylation is 2. The van der Waals surface area contributed by atoms with Crippen LogP contribution in [0.1, 0.15) is 62.2 Å². The van der Waals surface area contributed by atoms with Crippen LogP contribution in [0.3, 0.4) is 0 Å². The van der Waals surface area contributed by atoms with Crippen molar-refractivity contribution in [1.82, 2.24) is 20.0 Å². The lowest BCUT2D eigenvalue weighted by Crippen LogP contribution is -1.98. The lowest BCUT2D eigenvalue weighted by molar-refractivity contribution is 0.572. The van der Waals surface area contributed by atoms with Crippen molar-refractivity contribution in [2.75, 3.05) is 0 Å². The van der Waals surface area contributed by atoms with Gasteiger partial charge in [-0.15, -0.1) is 11.3 Å². The minimum atomic E-state index is 0.526. The third-order valence-electron chi connectivity index (χ3n) is 5.57. The quantitative estimate of drug-likeness (QED) is 0.230. The van der Waals surface area contributed by atoms with Crippen molar-refractivity contribution in [2.45, 2.75) is 58.9 Å². The number of allylic oxidation sites excluding steroid dienone is 1. The number of unbranched alkanes of at least 4 members (excludes halogenated alkanes) is 2. The smallest absolute Gasteiger partial charge is 0.121 e. The van der Waals surface area contributed by atoms with Gasteiger partial charge < -0.3 is 0 Å². The normalized spacial score (nSPS) is 11.6. The van der Waals surface area contributed by atoms with Gasteiger partial charge >= 0.3 is 0 Å². The molecule has 0 aliphatic carbocycles. The van der Waals surface area contributed by atoms with Gasteiger partial charge in [-0.2, -0.15) is 15.0 Å². The van der Waals surface area contributed by atoms with Crippen LogP contribution < -0.4 is 0 Å². The maximum Gasteiger partial charge on any atom is 0.121 e. The first-order valence-electron chi connectivity index (χ1n) is 11.9. The van der Waals surface area contributed by atoms with Crippen LogP contribution >= 0.6 is 11.3 Å². The molecule has 4 aromatic rings. The van der Waals surface area contributed by atoms with Gasteiger partial charge in [0.2, 0.25) is 0 Å². The van der Waals surface area contributed by atoms with E-state index in [0.29, 0.717) is 5.92 Å². The van der Waals surface area contributed by atoms with Crippen molar-refractivity contribution >= 4 is 17.4 Å². The van der Waals surface area contributed by atoms with E-state index in [1.807, 2.05) is 18.2 Å². The third kappa shape index (κ3) is 6.05. The minimum Gasteiger partial charge on any atom is -0.246 e. The number of hydrogen-bond donors (Lipinski definition) is 0. The Hall–Kier alpha value is -3.05. The zero-order valence-corrected chi connectivity index (χ0v) is 20.6. The molecule has 0 bridgehead atoms.